The van der Waals surface area contributed by atoms with Crippen LogP contribution in [0.1, 0.15) is 22.3 Å². The number of hydrogen-bond donors (Lipinski definition) is 3. The Hall–Kier alpha value is -2.84. The minimum Gasteiger partial charge on any atom is -0.507 e. The molecule has 1 aromatic carbocycles. The zero-order valence-corrected chi connectivity index (χ0v) is 11.2. The van der Waals surface area contributed by atoms with Crippen LogP contribution in [0.3, 0.4) is 0 Å². The van der Waals surface area contributed by atoms with Crippen LogP contribution in [0.5, 0.6) is 5.75 Å². The van der Waals surface area contributed by atoms with Crippen molar-refractivity contribution in [1.29, 1.82) is 0 Å². The zero-order chi connectivity index (χ0) is 15.1. The van der Waals surface area contributed by atoms with Gasteiger partial charge < -0.3 is 15.5 Å². The first-order valence-corrected chi connectivity index (χ1v) is 6.36. The normalized spacial score (nSPS) is 9.57. The van der Waals surface area contributed by atoms with Crippen LogP contribution in [0, 0.1) is 11.8 Å². The summed E-state index contributed by atoms with van der Waals surface area (Å²) >= 11 is 0. The molecule has 2 aromatic rings. The van der Waals surface area contributed by atoms with E-state index in [0.29, 0.717) is 17.8 Å². The Morgan fingerprint density at radius 1 is 1.29 bits per heavy atom. The van der Waals surface area contributed by atoms with Crippen LogP contribution in [0.15, 0.2) is 42.6 Å². The van der Waals surface area contributed by atoms with Crippen molar-refractivity contribution >= 4 is 11.7 Å². The second kappa shape index (κ2) is 7.08. The molecule has 2 rings (SSSR count). The Labute approximate surface area is 122 Å². The second-order valence-electron chi connectivity index (χ2n) is 4.18. The van der Waals surface area contributed by atoms with Crippen LogP contribution in [0.4, 0.5) is 5.82 Å². The van der Waals surface area contributed by atoms with Crippen LogP contribution in [-0.2, 0) is 0 Å². The predicted molar refractivity (Wildman–Crippen MR) is 78.9 cm³/mol. The van der Waals surface area contributed by atoms with Gasteiger partial charge in [-0.3, -0.25) is 4.79 Å². The molecule has 0 radical (unpaired) electrons. The number of aromatic nitrogens is 1. The minimum absolute atomic E-state index is 0.00889. The number of amides is 1. The number of para-hydroxylation sites is 1. The molecule has 0 aliphatic rings. The van der Waals surface area contributed by atoms with Gasteiger partial charge in [0.25, 0.3) is 5.91 Å². The maximum Gasteiger partial charge on any atom is 0.260 e. The summed E-state index contributed by atoms with van der Waals surface area (Å²) in [5.74, 6) is 5.47. The number of hydrogen-bond acceptors (Lipinski definition) is 4. The Morgan fingerprint density at radius 3 is 2.86 bits per heavy atom. The molecule has 21 heavy (non-hydrogen) atoms. The maximum atomic E-state index is 12.0. The summed E-state index contributed by atoms with van der Waals surface area (Å²) in [5.41, 5.74) is 0.863. The predicted octanol–water partition coefficient (Wildman–Crippen LogP) is 1.77. The smallest absolute Gasteiger partial charge is 0.260 e. The summed E-state index contributed by atoms with van der Waals surface area (Å²) in [6, 6.07) is 9.61. The molecule has 0 saturated heterocycles. The number of pyridine rings is 1. The molecule has 0 aliphatic carbocycles. The molecule has 0 unspecified atom stereocenters. The fourth-order valence-electron chi connectivity index (χ4n) is 1.65. The fourth-order valence-corrected chi connectivity index (χ4v) is 1.65. The summed E-state index contributed by atoms with van der Waals surface area (Å²) in [7, 11) is 0. The minimum atomic E-state index is -0.443. The van der Waals surface area contributed by atoms with Crippen molar-refractivity contribution in [2.24, 2.45) is 0 Å². The van der Waals surface area contributed by atoms with E-state index < -0.39 is 5.91 Å². The average Bonchev–Trinajstić information content (AvgIpc) is 2.48. The first-order chi connectivity index (χ1) is 10.2. The molecule has 1 aromatic heterocycles. The standard InChI is InChI=1S/C16H14N2O3/c19-10-4-3-5-12-8-9-17-15(11-12)18-16(21)13-6-1-2-7-14(13)20/h1-2,6-9,11,19-20H,4,10H2,(H,17,18,21). The van der Waals surface area contributed by atoms with Gasteiger partial charge in [-0.1, -0.05) is 24.0 Å². The zero-order valence-electron chi connectivity index (χ0n) is 11.2. The van der Waals surface area contributed by atoms with E-state index in [9.17, 15) is 9.90 Å². The third-order valence-corrected chi connectivity index (χ3v) is 2.62. The highest BCUT2D eigenvalue weighted by atomic mass is 16.3. The fraction of sp³-hybridized carbons (Fsp3) is 0.125. The number of phenols is 1. The van der Waals surface area contributed by atoms with E-state index in [1.165, 1.54) is 18.3 Å². The van der Waals surface area contributed by atoms with Crippen molar-refractivity contribution in [3.05, 3.63) is 53.7 Å². The van der Waals surface area contributed by atoms with Crippen LogP contribution in [0.2, 0.25) is 0 Å². The molecule has 106 valence electrons. The molecule has 3 N–H and O–H groups in total. The van der Waals surface area contributed by atoms with Crippen molar-refractivity contribution in [2.75, 3.05) is 11.9 Å². The summed E-state index contributed by atoms with van der Waals surface area (Å²) in [4.78, 5) is 16.1. The van der Waals surface area contributed by atoms with Gasteiger partial charge in [0.1, 0.15) is 11.6 Å². The van der Waals surface area contributed by atoms with Crippen LogP contribution >= 0.6 is 0 Å². The highest BCUT2D eigenvalue weighted by Gasteiger charge is 2.10. The topological polar surface area (TPSA) is 82.5 Å². The molecule has 5 nitrogen and oxygen atoms in total. The van der Waals surface area contributed by atoms with Gasteiger partial charge in [-0.25, -0.2) is 4.98 Å². The summed E-state index contributed by atoms with van der Waals surface area (Å²) in [5, 5.41) is 20.9. The molecular formula is C16H14N2O3. The van der Waals surface area contributed by atoms with Gasteiger partial charge in [0.15, 0.2) is 0 Å². The SMILES string of the molecule is O=C(Nc1cc(C#CCCO)ccn1)c1ccccc1O. The number of aromatic hydroxyl groups is 1. The molecule has 0 atom stereocenters. The summed E-state index contributed by atoms with van der Waals surface area (Å²) < 4.78 is 0. The first kappa shape index (κ1) is 14.6. The number of rotatable bonds is 3. The van der Waals surface area contributed by atoms with Crippen molar-refractivity contribution in [3.63, 3.8) is 0 Å². The highest BCUT2D eigenvalue weighted by molar-refractivity contribution is 6.05. The van der Waals surface area contributed by atoms with Crippen LogP contribution < -0.4 is 5.32 Å². The van der Waals surface area contributed by atoms with Crippen molar-refractivity contribution in [1.82, 2.24) is 4.98 Å². The van der Waals surface area contributed by atoms with Gasteiger partial charge in [-0.2, -0.15) is 0 Å². The van der Waals surface area contributed by atoms with Crippen LogP contribution in [0.25, 0.3) is 0 Å². The Kier molecular flexibility index (Phi) is 4.91. The quantitative estimate of drug-likeness (QED) is 0.749. The van der Waals surface area contributed by atoms with E-state index in [2.05, 4.69) is 22.1 Å². The second-order valence-corrected chi connectivity index (χ2v) is 4.18. The molecule has 0 bridgehead atoms. The Morgan fingerprint density at radius 2 is 2.10 bits per heavy atom. The van der Waals surface area contributed by atoms with Crippen molar-refractivity contribution in [3.8, 4) is 17.6 Å². The van der Waals surface area contributed by atoms with Crippen molar-refractivity contribution in [2.45, 2.75) is 6.42 Å². The molecule has 0 fully saturated rings. The number of nitrogens with one attached hydrogen (secondary N) is 1. The first-order valence-electron chi connectivity index (χ1n) is 6.36. The van der Waals surface area contributed by atoms with Gasteiger partial charge >= 0.3 is 0 Å². The van der Waals surface area contributed by atoms with E-state index in [1.54, 1.807) is 24.3 Å². The molecule has 1 heterocycles. The number of carbonyl (C=O) groups is 1. The number of nitrogens with zero attached hydrogens (tertiary/aromatic N) is 1. The molecular weight excluding hydrogens is 268 g/mol. The van der Waals surface area contributed by atoms with E-state index in [-0.39, 0.29) is 17.9 Å². The highest BCUT2D eigenvalue weighted by Crippen LogP contribution is 2.17. The molecule has 5 heteroatoms. The van der Waals surface area contributed by atoms with Gasteiger partial charge in [0.05, 0.1) is 12.2 Å². The van der Waals surface area contributed by atoms with Gasteiger partial charge in [0.2, 0.25) is 0 Å². The number of benzene rings is 1. The van der Waals surface area contributed by atoms with Crippen molar-refractivity contribution < 1.29 is 15.0 Å². The monoisotopic (exact) mass is 282 g/mol. The molecule has 0 saturated carbocycles. The van der Waals surface area contributed by atoms with E-state index in [4.69, 9.17) is 5.11 Å². The van der Waals surface area contributed by atoms with Gasteiger partial charge in [0, 0.05) is 18.2 Å². The number of aliphatic hydroxyl groups is 1. The number of anilines is 1. The maximum absolute atomic E-state index is 12.0. The van der Waals surface area contributed by atoms with Gasteiger partial charge in [-0.15, -0.1) is 0 Å². The summed E-state index contributed by atoms with van der Waals surface area (Å²) in [6.07, 6.45) is 1.92. The molecule has 1 amide bonds. The lowest BCUT2D eigenvalue weighted by Crippen LogP contribution is -2.13. The number of aliphatic hydroxyl groups excluding tert-OH is 1. The third-order valence-electron chi connectivity index (χ3n) is 2.62. The van der Waals surface area contributed by atoms with E-state index in [0.717, 1.165) is 0 Å². The lowest BCUT2D eigenvalue weighted by Gasteiger charge is -2.06. The van der Waals surface area contributed by atoms with Crippen LogP contribution in [-0.4, -0.2) is 27.7 Å². The average molecular weight is 282 g/mol. The third kappa shape index (κ3) is 4.06. The molecule has 0 aliphatic heterocycles. The van der Waals surface area contributed by atoms with E-state index >= 15 is 0 Å². The summed E-state index contributed by atoms with van der Waals surface area (Å²) in [6.45, 7) is 0.00889. The number of phenolic OH excluding ortho intramolecular Hbond substituents is 1. The van der Waals surface area contributed by atoms with Gasteiger partial charge in [-0.05, 0) is 24.3 Å². The Bertz CT molecular complexity index is 702. The van der Waals surface area contributed by atoms with E-state index in [1.807, 2.05) is 0 Å². The molecule has 0 spiro atoms. The largest absolute Gasteiger partial charge is 0.507 e. The lowest BCUT2D eigenvalue weighted by molar-refractivity contribution is 0.102. The lowest BCUT2D eigenvalue weighted by atomic mass is 10.2. The number of carbonyl (C=O) groups excluding carboxylic acids is 1. The Balaban J connectivity index is 2.14.